The van der Waals surface area contributed by atoms with Gasteiger partial charge in [0.05, 0.1) is 6.04 Å². The molecule has 1 aliphatic rings. The lowest BCUT2D eigenvalue weighted by atomic mass is 10.0. The van der Waals surface area contributed by atoms with Gasteiger partial charge in [0.2, 0.25) is 0 Å². The van der Waals surface area contributed by atoms with Crippen LogP contribution in [0.5, 0.6) is 11.5 Å². The van der Waals surface area contributed by atoms with Gasteiger partial charge in [-0.1, -0.05) is 36.4 Å². The minimum atomic E-state index is -0.128. The Bertz CT molecular complexity index is 669. The molecule has 3 rings (SSSR count). The summed E-state index contributed by atoms with van der Waals surface area (Å²) in [6, 6.07) is 15.6. The number of fused-ring (bicyclic) bond motifs is 1. The number of benzene rings is 2. The van der Waals surface area contributed by atoms with Gasteiger partial charge in [0.1, 0.15) is 18.1 Å². The van der Waals surface area contributed by atoms with E-state index in [1.165, 1.54) is 0 Å². The number of ether oxygens (including phenoxy) is 2. The fourth-order valence-electron chi connectivity index (χ4n) is 2.55. The van der Waals surface area contributed by atoms with Crippen molar-refractivity contribution in [3.63, 3.8) is 0 Å². The van der Waals surface area contributed by atoms with Crippen LogP contribution in [-0.4, -0.2) is 25.2 Å². The summed E-state index contributed by atoms with van der Waals surface area (Å²) in [5.41, 5.74) is 2.14. The lowest BCUT2D eigenvalue weighted by Gasteiger charge is -2.26. The zero-order valence-electron chi connectivity index (χ0n) is 12.5. The third kappa shape index (κ3) is 3.39. The third-order valence-electron chi connectivity index (χ3n) is 3.70. The summed E-state index contributed by atoms with van der Waals surface area (Å²) in [7, 11) is 0. The van der Waals surface area contributed by atoms with Crippen LogP contribution in [0.25, 0.3) is 0 Å². The second-order valence-electron chi connectivity index (χ2n) is 5.44. The Morgan fingerprint density at radius 1 is 1.23 bits per heavy atom. The molecule has 1 N–H and O–H groups in total. The first-order valence-corrected chi connectivity index (χ1v) is 7.41. The molecule has 0 aromatic heterocycles. The Labute approximate surface area is 130 Å². The number of nitrogens with one attached hydrogen (secondary N) is 1. The van der Waals surface area contributed by atoms with Crippen molar-refractivity contribution in [2.24, 2.45) is 0 Å². The van der Waals surface area contributed by atoms with Crippen LogP contribution in [0.4, 0.5) is 0 Å². The summed E-state index contributed by atoms with van der Waals surface area (Å²) in [5.74, 6) is 1.52. The smallest absolute Gasteiger partial charge is 0.258 e. The average molecular weight is 297 g/mol. The van der Waals surface area contributed by atoms with E-state index in [0.29, 0.717) is 6.61 Å². The van der Waals surface area contributed by atoms with Gasteiger partial charge in [-0.3, -0.25) is 4.79 Å². The molecule has 0 radical (unpaired) electrons. The van der Waals surface area contributed by atoms with E-state index < -0.39 is 0 Å². The van der Waals surface area contributed by atoms with Crippen molar-refractivity contribution >= 4 is 5.91 Å². The van der Waals surface area contributed by atoms with Crippen molar-refractivity contribution in [2.45, 2.75) is 19.4 Å². The Balaban J connectivity index is 1.52. The van der Waals surface area contributed by atoms with Crippen LogP contribution in [0.2, 0.25) is 0 Å². The molecule has 0 spiro atoms. The highest BCUT2D eigenvalue weighted by molar-refractivity contribution is 5.78. The van der Waals surface area contributed by atoms with E-state index in [1.807, 2.05) is 55.5 Å². The van der Waals surface area contributed by atoms with Gasteiger partial charge in [-0.2, -0.15) is 0 Å². The van der Waals surface area contributed by atoms with Gasteiger partial charge in [-0.25, -0.2) is 0 Å². The molecule has 2 aromatic rings. The topological polar surface area (TPSA) is 47.6 Å². The Kier molecular flexibility index (Phi) is 4.28. The molecular formula is C18H19NO3. The number of carbonyl (C=O) groups excluding carboxylic acids is 1. The second-order valence-corrected chi connectivity index (χ2v) is 5.44. The molecule has 0 bridgehead atoms. The molecule has 1 atom stereocenters. The number of amides is 1. The number of rotatable bonds is 4. The molecular weight excluding hydrogens is 278 g/mol. The first-order valence-electron chi connectivity index (χ1n) is 7.41. The zero-order chi connectivity index (χ0) is 15.4. The lowest BCUT2D eigenvalue weighted by Crippen LogP contribution is -2.44. The molecule has 1 heterocycles. The molecule has 0 saturated carbocycles. The van der Waals surface area contributed by atoms with Crippen LogP contribution >= 0.6 is 0 Å². The van der Waals surface area contributed by atoms with Crippen molar-refractivity contribution in [1.82, 2.24) is 5.32 Å². The van der Waals surface area contributed by atoms with Crippen molar-refractivity contribution in [1.29, 1.82) is 0 Å². The Hall–Kier alpha value is -2.49. The summed E-state index contributed by atoms with van der Waals surface area (Å²) in [5, 5.41) is 2.96. The van der Waals surface area contributed by atoms with Crippen molar-refractivity contribution in [2.75, 3.05) is 13.2 Å². The fraction of sp³-hybridized carbons (Fsp3) is 0.278. The highest BCUT2D eigenvalue weighted by atomic mass is 16.5. The van der Waals surface area contributed by atoms with Gasteiger partial charge in [0.25, 0.3) is 5.91 Å². The third-order valence-corrected chi connectivity index (χ3v) is 3.70. The van der Waals surface area contributed by atoms with Gasteiger partial charge in [-0.05, 0) is 36.6 Å². The van der Waals surface area contributed by atoms with Crippen molar-refractivity contribution < 1.29 is 14.3 Å². The molecule has 4 heteroatoms. The molecule has 1 unspecified atom stereocenters. The second kappa shape index (κ2) is 6.52. The van der Waals surface area contributed by atoms with Gasteiger partial charge < -0.3 is 14.8 Å². The minimum Gasteiger partial charge on any atom is -0.491 e. The summed E-state index contributed by atoms with van der Waals surface area (Å²) in [6.45, 7) is 2.47. The standard InChI is InChI=1S/C18H19NO3/c1-13-6-2-4-8-16(13)22-12-18(20)19-15-10-14-7-3-5-9-17(14)21-11-15/h2-9,15H,10-12H2,1H3,(H,19,20). The average Bonchev–Trinajstić information content (AvgIpc) is 2.54. The number of para-hydroxylation sites is 2. The molecule has 1 aliphatic heterocycles. The summed E-state index contributed by atoms with van der Waals surface area (Å²) in [4.78, 5) is 12.0. The van der Waals surface area contributed by atoms with Crippen molar-refractivity contribution in [3.8, 4) is 11.5 Å². The Morgan fingerprint density at radius 3 is 2.86 bits per heavy atom. The van der Waals surface area contributed by atoms with Crippen LogP contribution in [0.15, 0.2) is 48.5 Å². The molecule has 114 valence electrons. The van der Waals surface area contributed by atoms with E-state index in [4.69, 9.17) is 9.47 Å². The number of hydrogen-bond acceptors (Lipinski definition) is 3. The molecule has 4 nitrogen and oxygen atoms in total. The highest BCUT2D eigenvalue weighted by Gasteiger charge is 2.21. The van der Waals surface area contributed by atoms with E-state index in [2.05, 4.69) is 5.32 Å². The number of aryl methyl sites for hydroxylation is 1. The molecule has 0 aliphatic carbocycles. The van der Waals surface area contributed by atoms with Gasteiger partial charge in [0, 0.05) is 0 Å². The van der Waals surface area contributed by atoms with E-state index >= 15 is 0 Å². The molecule has 2 aromatic carbocycles. The lowest BCUT2D eigenvalue weighted by molar-refractivity contribution is -0.124. The van der Waals surface area contributed by atoms with E-state index in [1.54, 1.807) is 0 Å². The highest BCUT2D eigenvalue weighted by Crippen LogP contribution is 2.23. The van der Waals surface area contributed by atoms with Gasteiger partial charge in [-0.15, -0.1) is 0 Å². The van der Waals surface area contributed by atoms with Crippen LogP contribution in [-0.2, 0) is 11.2 Å². The zero-order valence-corrected chi connectivity index (χ0v) is 12.5. The van der Waals surface area contributed by atoms with Gasteiger partial charge >= 0.3 is 0 Å². The quantitative estimate of drug-likeness (QED) is 0.943. The van der Waals surface area contributed by atoms with Crippen LogP contribution in [0.3, 0.4) is 0 Å². The molecule has 22 heavy (non-hydrogen) atoms. The normalized spacial score (nSPS) is 16.3. The molecule has 0 saturated heterocycles. The van der Waals surface area contributed by atoms with Crippen LogP contribution in [0.1, 0.15) is 11.1 Å². The Morgan fingerprint density at radius 2 is 2.00 bits per heavy atom. The van der Waals surface area contributed by atoms with Crippen LogP contribution < -0.4 is 14.8 Å². The first kappa shape index (κ1) is 14.4. The first-order chi connectivity index (χ1) is 10.7. The predicted molar refractivity (Wildman–Crippen MR) is 84.2 cm³/mol. The van der Waals surface area contributed by atoms with E-state index in [-0.39, 0.29) is 18.6 Å². The SMILES string of the molecule is Cc1ccccc1OCC(=O)NC1COc2ccccc2C1. The number of hydrogen-bond donors (Lipinski definition) is 1. The van der Waals surface area contributed by atoms with Gasteiger partial charge in [0.15, 0.2) is 6.61 Å². The molecule has 0 fully saturated rings. The van der Waals surface area contributed by atoms with E-state index in [9.17, 15) is 4.79 Å². The summed E-state index contributed by atoms with van der Waals surface area (Å²) >= 11 is 0. The van der Waals surface area contributed by atoms with E-state index in [0.717, 1.165) is 29.0 Å². The van der Waals surface area contributed by atoms with Crippen molar-refractivity contribution in [3.05, 3.63) is 59.7 Å². The van der Waals surface area contributed by atoms with Crippen LogP contribution in [0, 0.1) is 6.92 Å². The predicted octanol–water partition coefficient (Wildman–Crippen LogP) is 2.49. The monoisotopic (exact) mass is 297 g/mol. The minimum absolute atomic E-state index is 0.0112. The summed E-state index contributed by atoms with van der Waals surface area (Å²) in [6.07, 6.45) is 0.784. The maximum Gasteiger partial charge on any atom is 0.258 e. The maximum absolute atomic E-state index is 12.0. The molecule has 1 amide bonds. The summed E-state index contributed by atoms with van der Waals surface area (Å²) < 4.78 is 11.2. The maximum atomic E-state index is 12.0. The fourth-order valence-corrected chi connectivity index (χ4v) is 2.55. The largest absolute Gasteiger partial charge is 0.491 e. The number of carbonyl (C=O) groups is 1.